The van der Waals surface area contributed by atoms with Crippen molar-refractivity contribution in [3.05, 3.63) is 59.2 Å². The largest absolute Gasteiger partial charge is 0.482 e. The number of nitrogens with one attached hydrogen (secondary N) is 1. The standard InChI is InChI=1S/C19H18F3NO4/c1-12-3-8-16(9-13(12)2)26-11-18(25)27-10-17(24)23-15-6-4-14(5-7-15)19(20,21)22/h3-9H,10-11H2,1-2H3,(H,23,24). The summed E-state index contributed by atoms with van der Waals surface area (Å²) in [4.78, 5) is 23.3. The molecule has 5 nitrogen and oxygen atoms in total. The molecule has 1 amide bonds. The van der Waals surface area contributed by atoms with Crippen LogP contribution < -0.4 is 10.1 Å². The van der Waals surface area contributed by atoms with Crippen LogP contribution in [0.3, 0.4) is 0 Å². The third-order valence-electron chi connectivity index (χ3n) is 3.70. The lowest BCUT2D eigenvalue weighted by Gasteiger charge is -2.10. The molecule has 8 heteroatoms. The van der Waals surface area contributed by atoms with Crippen molar-refractivity contribution in [2.24, 2.45) is 0 Å². The molecular formula is C19H18F3NO4. The molecule has 0 atom stereocenters. The fraction of sp³-hybridized carbons (Fsp3) is 0.263. The molecule has 2 aromatic rings. The molecule has 1 N–H and O–H groups in total. The first kappa shape index (κ1) is 20.3. The van der Waals surface area contributed by atoms with E-state index in [4.69, 9.17) is 9.47 Å². The van der Waals surface area contributed by atoms with Gasteiger partial charge in [0.2, 0.25) is 0 Å². The Bertz CT molecular complexity index is 817. The zero-order chi connectivity index (χ0) is 20.0. The number of carbonyl (C=O) groups excluding carboxylic acids is 2. The molecule has 0 heterocycles. The highest BCUT2D eigenvalue weighted by Gasteiger charge is 2.29. The number of benzene rings is 2. The topological polar surface area (TPSA) is 64.6 Å². The minimum atomic E-state index is -4.45. The fourth-order valence-electron chi connectivity index (χ4n) is 2.07. The molecule has 0 saturated heterocycles. The molecular weight excluding hydrogens is 363 g/mol. The average molecular weight is 381 g/mol. The average Bonchev–Trinajstić information content (AvgIpc) is 2.60. The van der Waals surface area contributed by atoms with Crippen molar-refractivity contribution in [1.29, 1.82) is 0 Å². The summed E-state index contributed by atoms with van der Waals surface area (Å²) in [6, 6.07) is 9.27. The van der Waals surface area contributed by atoms with Gasteiger partial charge in [-0.2, -0.15) is 13.2 Å². The normalized spacial score (nSPS) is 11.0. The molecule has 0 bridgehead atoms. The van der Waals surface area contributed by atoms with Crippen LogP contribution in [-0.2, 0) is 20.5 Å². The third-order valence-corrected chi connectivity index (χ3v) is 3.70. The lowest BCUT2D eigenvalue weighted by molar-refractivity contribution is -0.149. The van der Waals surface area contributed by atoms with Crippen LogP contribution >= 0.6 is 0 Å². The van der Waals surface area contributed by atoms with E-state index >= 15 is 0 Å². The van der Waals surface area contributed by atoms with Gasteiger partial charge in [-0.05, 0) is 61.4 Å². The van der Waals surface area contributed by atoms with Crippen LogP contribution in [-0.4, -0.2) is 25.1 Å². The maximum atomic E-state index is 12.5. The van der Waals surface area contributed by atoms with Gasteiger partial charge in [0.1, 0.15) is 5.75 Å². The van der Waals surface area contributed by atoms with Gasteiger partial charge in [0.15, 0.2) is 13.2 Å². The molecule has 27 heavy (non-hydrogen) atoms. The summed E-state index contributed by atoms with van der Waals surface area (Å²) in [5.41, 5.74) is 1.44. The van der Waals surface area contributed by atoms with Crippen molar-refractivity contribution in [2.45, 2.75) is 20.0 Å². The van der Waals surface area contributed by atoms with Crippen LogP contribution in [0, 0.1) is 13.8 Å². The van der Waals surface area contributed by atoms with Crippen molar-refractivity contribution in [3.63, 3.8) is 0 Å². The number of amides is 1. The van der Waals surface area contributed by atoms with Crippen LogP contribution in [0.1, 0.15) is 16.7 Å². The van der Waals surface area contributed by atoms with Gasteiger partial charge in [0.25, 0.3) is 5.91 Å². The molecule has 0 fully saturated rings. The van der Waals surface area contributed by atoms with Crippen LogP contribution in [0.4, 0.5) is 18.9 Å². The summed E-state index contributed by atoms with van der Waals surface area (Å²) in [6.45, 7) is 2.92. The van der Waals surface area contributed by atoms with Gasteiger partial charge in [-0.15, -0.1) is 0 Å². The maximum Gasteiger partial charge on any atom is 0.416 e. The SMILES string of the molecule is Cc1ccc(OCC(=O)OCC(=O)Nc2ccc(C(F)(F)F)cc2)cc1C. The van der Waals surface area contributed by atoms with Crippen LogP contribution in [0.25, 0.3) is 0 Å². The van der Waals surface area contributed by atoms with E-state index in [1.165, 1.54) is 0 Å². The quantitative estimate of drug-likeness (QED) is 0.772. The van der Waals surface area contributed by atoms with E-state index in [1.807, 2.05) is 19.9 Å². The number of hydrogen-bond donors (Lipinski definition) is 1. The molecule has 0 radical (unpaired) electrons. The lowest BCUT2D eigenvalue weighted by Crippen LogP contribution is -2.23. The van der Waals surface area contributed by atoms with E-state index < -0.39 is 30.2 Å². The Labute approximate surface area is 154 Å². The van der Waals surface area contributed by atoms with Crippen LogP contribution in [0.2, 0.25) is 0 Å². The molecule has 0 unspecified atom stereocenters. The summed E-state index contributed by atoms with van der Waals surface area (Å²) in [5.74, 6) is -0.908. The Morgan fingerprint density at radius 1 is 0.963 bits per heavy atom. The van der Waals surface area contributed by atoms with Gasteiger partial charge in [-0.3, -0.25) is 4.79 Å². The molecule has 2 aromatic carbocycles. The summed E-state index contributed by atoms with van der Waals surface area (Å²) >= 11 is 0. The fourth-order valence-corrected chi connectivity index (χ4v) is 2.07. The Hall–Kier alpha value is -3.03. The number of aryl methyl sites for hydroxylation is 2. The Kier molecular flexibility index (Phi) is 6.44. The lowest BCUT2D eigenvalue weighted by atomic mass is 10.1. The van der Waals surface area contributed by atoms with Crippen molar-refractivity contribution in [3.8, 4) is 5.75 Å². The number of esters is 1. The first-order chi connectivity index (χ1) is 12.6. The molecule has 0 aliphatic heterocycles. The molecule has 0 aliphatic carbocycles. The summed E-state index contributed by atoms with van der Waals surface area (Å²) in [5, 5.41) is 2.34. The highest BCUT2D eigenvalue weighted by molar-refractivity contribution is 5.92. The summed E-state index contributed by atoms with van der Waals surface area (Å²) in [6.07, 6.45) is -4.45. The van der Waals surface area contributed by atoms with E-state index in [1.54, 1.807) is 12.1 Å². The summed E-state index contributed by atoms with van der Waals surface area (Å²) < 4.78 is 47.5. The smallest absolute Gasteiger partial charge is 0.416 e. The Morgan fingerprint density at radius 3 is 2.22 bits per heavy atom. The van der Waals surface area contributed by atoms with Gasteiger partial charge in [-0.25, -0.2) is 4.79 Å². The van der Waals surface area contributed by atoms with Gasteiger partial charge in [-0.1, -0.05) is 6.07 Å². The zero-order valence-corrected chi connectivity index (χ0v) is 14.7. The monoisotopic (exact) mass is 381 g/mol. The van der Waals surface area contributed by atoms with Crippen molar-refractivity contribution in [1.82, 2.24) is 0 Å². The van der Waals surface area contributed by atoms with Crippen molar-refractivity contribution >= 4 is 17.6 Å². The minimum absolute atomic E-state index is 0.162. The Morgan fingerprint density at radius 2 is 1.63 bits per heavy atom. The molecule has 0 spiro atoms. The van der Waals surface area contributed by atoms with Crippen molar-refractivity contribution in [2.75, 3.05) is 18.5 Å². The highest BCUT2D eigenvalue weighted by atomic mass is 19.4. The Balaban J connectivity index is 1.76. The van der Waals surface area contributed by atoms with Gasteiger partial charge >= 0.3 is 12.1 Å². The van der Waals surface area contributed by atoms with Gasteiger partial charge in [0, 0.05) is 5.69 Å². The highest BCUT2D eigenvalue weighted by Crippen LogP contribution is 2.29. The molecule has 0 aromatic heterocycles. The second kappa shape index (κ2) is 8.57. The summed E-state index contributed by atoms with van der Waals surface area (Å²) in [7, 11) is 0. The molecule has 0 saturated carbocycles. The maximum absolute atomic E-state index is 12.5. The first-order valence-electron chi connectivity index (χ1n) is 7.98. The van der Waals surface area contributed by atoms with E-state index in [-0.39, 0.29) is 12.3 Å². The van der Waals surface area contributed by atoms with Crippen LogP contribution in [0.5, 0.6) is 5.75 Å². The van der Waals surface area contributed by atoms with E-state index in [9.17, 15) is 22.8 Å². The molecule has 0 aliphatic rings. The number of alkyl halides is 3. The second-order valence-electron chi connectivity index (χ2n) is 5.82. The van der Waals surface area contributed by atoms with Crippen molar-refractivity contribution < 1.29 is 32.2 Å². The predicted molar refractivity (Wildman–Crippen MR) is 92.4 cm³/mol. The second-order valence-corrected chi connectivity index (χ2v) is 5.82. The third kappa shape index (κ3) is 6.32. The van der Waals surface area contributed by atoms with Gasteiger partial charge in [0.05, 0.1) is 5.56 Å². The molecule has 144 valence electrons. The number of rotatable bonds is 6. The van der Waals surface area contributed by atoms with E-state index in [0.29, 0.717) is 5.75 Å². The minimum Gasteiger partial charge on any atom is -0.482 e. The first-order valence-corrected chi connectivity index (χ1v) is 7.98. The predicted octanol–water partition coefficient (Wildman–Crippen LogP) is 3.88. The zero-order valence-electron chi connectivity index (χ0n) is 14.7. The van der Waals surface area contributed by atoms with Crippen LogP contribution in [0.15, 0.2) is 42.5 Å². The molecule has 2 rings (SSSR count). The number of anilines is 1. The van der Waals surface area contributed by atoms with E-state index in [0.717, 1.165) is 35.4 Å². The number of carbonyl (C=O) groups is 2. The number of ether oxygens (including phenoxy) is 2. The van der Waals surface area contributed by atoms with Gasteiger partial charge < -0.3 is 14.8 Å². The number of hydrogen-bond acceptors (Lipinski definition) is 4. The number of halogens is 3. The van der Waals surface area contributed by atoms with E-state index in [2.05, 4.69) is 5.32 Å².